The molecule has 0 heterocycles. The van der Waals surface area contributed by atoms with E-state index in [1.807, 2.05) is 13.0 Å². The highest BCUT2D eigenvalue weighted by Gasteiger charge is 1.97. The van der Waals surface area contributed by atoms with Gasteiger partial charge in [0.05, 0.1) is 0 Å². The van der Waals surface area contributed by atoms with Crippen LogP contribution < -0.4 is 0 Å². The molecule has 0 saturated heterocycles. The number of ether oxygens (including phenoxy) is 1. The Labute approximate surface area is 93.0 Å². The molecule has 86 valence electrons. The number of hydrogen-bond acceptors (Lipinski definition) is 2. The third-order valence-corrected chi connectivity index (χ3v) is 2.05. The van der Waals surface area contributed by atoms with Gasteiger partial charge in [-0.15, -0.1) is 0 Å². The predicted octanol–water partition coefficient (Wildman–Crippen LogP) is 3.63. The minimum Gasteiger partial charge on any atom is -0.461 e. The normalized spacial score (nSPS) is 12.8. The van der Waals surface area contributed by atoms with Gasteiger partial charge in [0.1, 0.15) is 6.61 Å². The lowest BCUT2D eigenvalue weighted by atomic mass is 10.1. The zero-order valence-corrected chi connectivity index (χ0v) is 10.3. The molecule has 0 bridgehead atoms. The van der Waals surface area contributed by atoms with Crippen LogP contribution in [0.1, 0.15) is 47.0 Å². The Morgan fingerprint density at radius 1 is 1.13 bits per heavy atom. The van der Waals surface area contributed by atoms with Crippen LogP contribution in [0.3, 0.4) is 0 Å². The quantitative estimate of drug-likeness (QED) is 0.494. The lowest BCUT2D eigenvalue weighted by molar-refractivity contribution is -0.142. The van der Waals surface area contributed by atoms with Gasteiger partial charge in [0.2, 0.25) is 0 Å². The summed E-state index contributed by atoms with van der Waals surface area (Å²) >= 11 is 0. The molecule has 0 aliphatic rings. The van der Waals surface area contributed by atoms with Gasteiger partial charge in [-0.1, -0.05) is 38.0 Å². The van der Waals surface area contributed by atoms with Gasteiger partial charge in [0, 0.05) is 6.42 Å². The summed E-state index contributed by atoms with van der Waals surface area (Å²) in [5.74, 6) is -0.142. The molecular formula is C13H22O2. The second-order valence-electron chi connectivity index (χ2n) is 3.79. The molecular weight excluding hydrogens is 188 g/mol. The molecule has 0 aromatic rings. The van der Waals surface area contributed by atoms with E-state index in [0.717, 1.165) is 12.0 Å². The summed E-state index contributed by atoms with van der Waals surface area (Å²) in [4.78, 5) is 10.9. The Balaban J connectivity index is 3.98. The molecule has 0 spiro atoms. The van der Waals surface area contributed by atoms with Crippen LogP contribution >= 0.6 is 0 Å². The van der Waals surface area contributed by atoms with Crippen LogP contribution in [-0.4, -0.2) is 12.6 Å². The number of esters is 1. The van der Waals surface area contributed by atoms with Crippen LogP contribution in [0.25, 0.3) is 0 Å². The fraction of sp³-hybridized carbons (Fsp3) is 0.615. The summed E-state index contributed by atoms with van der Waals surface area (Å²) in [7, 11) is 0. The Morgan fingerprint density at radius 2 is 1.73 bits per heavy atom. The summed E-state index contributed by atoms with van der Waals surface area (Å²) in [6.07, 6.45) is 6.85. The van der Waals surface area contributed by atoms with Gasteiger partial charge in [0.25, 0.3) is 0 Å². The van der Waals surface area contributed by atoms with Crippen LogP contribution in [0.15, 0.2) is 23.3 Å². The molecule has 0 fully saturated rings. The average Bonchev–Trinajstić information content (AvgIpc) is 2.23. The lowest BCUT2D eigenvalue weighted by Gasteiger charge is -2.02. The number of hydrogen-bond donors (Lipinski definition) is 0. The van der Waals surface area contributed by atoms with Crippen molar-refractivity contribution in [2.45, 2.75) is 47.0 Å². The fourth-order valence-corrected chi connectivity index (χ4v) is 1.11. The lowest BCUT2D eigenvalue weighted by Crippen LogP contribution is -2.04. The van der Waals surface area contributed by atoms with E-state index in [1.165, 1.54) is 12.0 Å². The minimum atomic E-state index is -0.142. The summed E-state index contributed by atoms with van der Waals surface area (Å²) in [5, 5.41) is 0. The van der Waals surface area contributed by atoms with Crippen molar-refractivity contribution in [3.63, 3.8) is 0 Å². The van der Waals surface area contributed by atoms with Crippen molar-refractivity contribution in [2.24, 2.45) is 0 Å². The number of carbonyl (C=O) groups excluding carboxylic acids is 1. The Kier molecular flexibility index (Phi) is 7.69. The van der Waals surface area contributed by atoms with Crippen molar-refractivity contribution in [2.75, 3.05) is 6.61 Å². The first-order valence-electron chi connectivity index (χ1n) is 5.58. The van der Waals surface area contributed by atoms with Gasteiger partial charge >= 0.3 is 5.97 Å². The average molecular weight is 210 g/mol. The summed E-state index contributed by atoms with van der Waals surface area (Å²) < 4.78 is 5.01. The van der Waals surface area contributed by atoms with Gasteiger partial charge in [-0.25, -0.2) is 0 Å². The van der Waals surface area contributed by atoms with E-state index in [2.05, 4.69) is 19.9 Å². The first kappa shape index (κ1) is 13.9. The predicted molar refractivity (Wildman–Crippen MR) is 63.7 cm³/mol. The Morgan fingerprint density at radius 3 is 2.27 bits per heavy atom. The maximum atomic E-state index is 10.9. The molecule has 2 heteroatoms. The summed E-state index contributed by atoms with van der Waals surface area (Å²) in [5.41, 5.74) is 2.44. The number of rotatable bonds is 6. The summed E-state index contributed by atoms with van der Waals surface area (Å²) in [6.45, 7) is 8.45. The van der Waals surface area contributed by atoms with Crippen LogP contribution in [0, 0.1) is 0 Å². The molecule has 0 amide bonds. The van der Waals surface area contributed by atoms with E-state index >= 15 is 0 Å². The van der Waals surface area contributed by atoms with E-state index in [-0.39, 0.29) is 5.97 Å². The smallest absolute Gasteiger partial charge is 0.305 e. The van der Waals surface area contributed by atoms with E-state index in [9.17, 15) is 4.79 Å². The third kappa shape index (κ3) is 7.98. The van der Waals surface area contributed by atoms with E-state index < -0.39 is 0 Å². The van der Waals surface area contributed by atoms with Gasteiger partial charge in [-0.2, -0.15) is 0 Å². The number of carbonyl (C=O) groups is 1. The number of allylic oxidation sites excluding steroid dienone is 3. The molecule has 0 aromatic heterocycles. The standard InChI is InChI=1S/C13H22O2/c1-5-7-11(3)8-9-12(4)10-15-13(14)6-2/h8-9H,5-7,10H2,1-4H3/b11-8+,12-9+. The van der Waals surface area contributed by atoms with Crippen molar-refractivity contribution >= 4 is 5.97 Å². The molecule has 0 radical (unpaired) electrons. The largest absolute Gasteiger partial charge is 0.461 e. The van der Waals surface area contributed by atoms with Gasteiger partial charge in [0.15, 0.2) is 0 Å². The van der Waals surface area contributed by atoms with E-state index in [0.29, 0.717) is 13.0 Å². The maximum absolute atomic E-state index is 10.9. The van der Waals surface area contributed by atoms with Crippen molar-refractivity contribution in [3.8, 4) is 0 Å². The maximum Gasteiger partial charge on any atom is 0.305 e. The third-order valence-electron chi connectivity index (χ3n) is 2.05. The van der Waals surface area contributed by atoms with Crippen molar-refractivity contribution in [1.82, 2.24) is 0 Å². The van der Waals surface area contributed by atoms with Crippen LogP contribution in [0.5, 0.6) is 0 Å². The van der Waals surface area contributed by atoms with Crippen molar-refractivity contribution in [3.05, 3.63) is 23.3 Å². The summed E-state index contributed by atoms with van der Waals surface area (Å²) in [6, 6.07) is 0. The molecule has 0 rings (SSSR count). The SMILES string of the molecule is CCC/C(C)=C/C=C(\C)COC(=O)CC. The molecule has 0 N–H and O–H groups in total. The zero-order chi connectivity index (χ0) is 11.7. The molecule has 15 heavy (non-hydrogen) atoms. The monoisotopic (exact) mass is 210 g/mol. The highest BCUT2D eigenvalue weighted by atomic mass is 16.5. The second kappa shape index (κ2) is 8.27. The molecule has 0 saturated carbocycles. The first-order valence-corrected chi connectivity index (χ1v) is 5.58. The molecule has 0 aliphatic carbocycles. The molecule has 0 atom stereocenters. The van der Waals surface area contributed by atoms with Gasteiger partial charge in [-0.05, 0) is 25.8 Å². The molecule has 0 aliphatic heterocycles. The highest BCUT2D eigenvalue weighted by Crippen LogP contribution is 2.05. The van der Waals surface area contributed by atoms with Crippen LogP contribution in [0.4, 0.5) is 0 Å². The van der Waals surface area contributed by atoms with Gasteiger partial charge < -0.3 is 4.74 Å². The minimum absolute atomic E-state index is 0.142. The van der Waals surface area contributed by atoms with Crippen molar-refractivity contribution < 1.29 is 9.53 Å². The fourth-order valence-electron chi connectivity index (χ4n) is 1.11. The Hall–Kier alpha value is -1.05. The molecule has 2 nitrogen and oxygen atoms in total. The first-order chi connectivity index (χ1) is 7.10. The van der Waals surface area contributed by atoms with E-state index in [1.54, 1.807) is 6.92 Å². The van der Waals surface area contributed by atoms with Crippen molar-refractivity contribution in [1.29, 1.82) is 0 Å². The highest BCUT2D eigenvalue weighted by molar-refractivity contribution is 5.69. The second-order valence-corrected chi connectivity index (χ2v) is 3.79. The van der Waals surface area contributed by atoms with Crippen LogP contribution in [0.2, 0.25) is 0 Å². The topological polar surface area (TPSA) is 26.3 Å². The van der Waals surface area contributed by atoms with E-state index in [4.69, 9.17) is 4.74 Å². The molecule has 0 aromatic carbocycles. The van der Waals surface area contributed by atoms with Gasteiger partial charge in [-0.3, -0.25) is 4.79 Å². The zero-order valence-electron chi connectivity index (χ0n) is 10.3. The van der Waals surface area contributed by atoms with Crippen LogP contribution in [-0.2, 0) is 9.53 Å². The Bertz CT molecular complexity index is 249. The molecule has 0 unspecified atom stereocenters.